The van der Waals surface area contributed by atoms with E-state index in [-0.39, 0.29) is 12.5 Å². The SMILES string of the molecule is CNC(=O)COc1cccc(NCc2ccc(I)o2)c1. The summed E-state index contributed by atoms with van der Waals surface area (Å²) in [5.41, 5.74) is 0.908. The maximum absolute atomic E-state index is 11.1. The minimum absolute atomic E-state index is 0.0103. The molecule has 1 aromatic heterocycles. The summed E-state index contributed by atoms with van der Waals surface area (Å²) in [6.45, 7) is 0.609. The molecule has 0 bridgehead atoms. The highest BCUT2D eigenvalue weighted by molar-refractivity contribution is 14.1. The summed E-state index contributed by atoms with van der Waals surface area (Å²) in [5.74, 6) is 1.35. The van der Waals surface area contributed by atoms with E-state index in [0.29, 0.717) is 12.3 Å². The molecule has 0 saturated carbocycles. The van der Waals surface area contributed by atoms with Crippen LogP contribution in [0.15, 0.2) is 40.8 Å². The first kappa shape index (κ1) is 14.7. The zero-order valence-corrected chi connectivity index (χ0v) is 13.1. The van der Waals surface area contributed by atoms with Gasteiger partial charge in [-0.1, -0.05) is 6.07 Å². The van der Waals surface area contributed by atoms with Gasteiger partial charge in [-0.3, -0.25) is 4.79 Å². The predicted molar refractivity (Wildman–Crippen MR) is 84.8 cm³/mol. The van der Waals surface area contributed by atoms with E-state index in [1.54, 1.807) is 7.05 Å². The minimum Gasteiger partial charge on any atom is -0.484 e. The number of hydrogen-bond acceptors (Lipinski definition) is 4. The van der Waals surface area contributed by atoms with Crippen molar-refractivity contribution in [1.29, 1.82) is 0 Å². The van der Waals surface area contributed by atoms with Crippen LogP contribution in [0.5, 0.6) is 5.75 Å². The molecule has 20 heavy (non-hydrogen) atoms. The lowest BCUT2D eigenvalue weighted by Gasteiger charge is -2.08. The second-order valence-corrected chi connectivity index (χ2v) is 5.11. The van der Waals surface area contributed by atoms with Crippen LogP contribution in [0, 0.1) is 3.77 Å². The zero-order valence-electron chi connectivity index (χ0n) is 11.0. The van der Waals surface area contributed by atoms with Crippen molar-refractivity contribution in [3.63, 3.8) is 0 Å². The van der Waals surface area contributed by atoms with Gasteiger partial charge in [0.1, 0.15) is 11.5 Å². The number of carbonyl (C=O) groups excluding carboxylic acids is 1. The van der Waals surface area contributed by atoms with Crippen molar-refractivity contribution >= 4 is 34.2 Å². The van der Waals surface area contributed by atoms with Crippen molar-refractivity contribution in [2.24, 2.45) is 0 Å². The Labute approximate surface area is 130 Å². The highest BCUT2D eigenvalue weighted by Crippen LogP contribution is 2.18. The van der Waals surface area contributed by atoms with Gasteiger partial charge in [-0.05, 0) is 46.9 Å². The third kappa shape index (κ3) is 4.44. The fraction of sp³-hybridized carbons (Fsp3) is 0.214. The first-order valence-electron chi connectivity index (χ1n) is 6.09. The molecule has 0 fully saturated rings. The molecule has 0 unspecified atom stereocenters. The van der Waals surface area contributed by atoms with Crippen LogP contribution >= 0.6 is 22.6 Å². The number of ether oxygens (including phenoxy) is 1. The Morgan fingerprint density at radius 1 is 1.35 bits per heavy atom. The molecule has 0 aliphatic heterocycles. The van der Waals surface area contributed by atoms with E-state index in [4.69, 9.17) is 9.15 Å². The topological polar surface area (TPSA) is 63.5 Å². The number of benzene rings is 1. The Bertz CT molecular complexity index is 583. The number of anilines is 1. The summed E-state index contributed by atoms with van der Waals surface area (Å²) in [5, 5.41) is 5.74. The largest absolute Gasteiger partial charge is 0.484 e. The minimum atomic E-state index is -0.159. The molecule has 6 heteroatoms. The Hall–Kier alpha value is -1.70. The van der Waals surface area contributed by atoms with Crippen LogP contribution in [0.1, 0.15) is 5.76 Å². The summed E-state index contributed by atoms with van der Waals surface area (Å²) in [7, 11) is 1.58. The van der Waals surface area contributed by atoms with Crippen molar-refractivity contribution in [3.8, 4) is 5.75 Å². The number of furan rings is 1. The van der Waals surface area contributed by atoms with Gasteiger partial charge in [0.25, 0.3) is 5.91 Å². The van der Waals surface area contributed by atoms with E-state index in [1.165, 1.54) is 0 Å². The Morgan fingerprint density at radius 3 is 2.90 bits per heavy atom. The molecule has 0 saturated heterocycles. The number of nitrogens with one attached hydrogen (secondary N) is 2. The van der Waals surface area contributed by atoms with Gasteiger partial charge in [0.15, 0.2) is 10.4 Å². The molecule has 0 atom stereocenters. The summed E-state index contributed by atoms with van der Waals surface area (Å²) in [6, 6.07) is 11.3. The fourth-order valence-electron chi connectivity index (χ4n) is 1.55. The number of rotatable bonds is 6. The van der Waals surface area contributed by atoms with Gasteiger partial charge in [0.2, 0.25) is 0 Å². The third-order valence-corrected chi connectivity index (χ3v) is 3.16. The van der Waals surface area contributed by atoms with Crippen molar-refractivity contribution in [2.45, 2.75) is 6.54 Å². The van der Waals surface area contributed by atoms with Crippen molar-refractivity contribution in [2.75, 3.05) is 19.0 Å². The highest BCUT2D eigenvalue weighted by atomic mass is 127. The molecule has 1 amide bonds. The Morgan fingerprint density at radius 2 is 2.20 bits per heavy atom. The van der Waals surface area contributed by atoms with Gasteiger partial charge in [-0.2, -0.15) is 0 Å². The van der Waals surface area contributed by atoms with Crippen molar-refractivity contribution in [1.82, 2.24) is 5.32 Å². The molecule has 5 nitrogen and oxygen atoms in total. The van der Waals surface area contributed by atoms with Crippen LogP contribution < -0.4 is 15.4 Å². The van der Waals surface area contributed by atoms with E-state index in [1.807, 2.05) is 36.4 Å². The monoisotopic (exact) mass is 386 g/mol. The maximum atomic E-state index is 11.1. The molecule has 106 valence electrons. The molecule has 0 spiro atoms. The van der Waals surface area contributed by atoms with E-state index in [2.05, 4.69) is 33.2 Å². The first-order chi connectivity index (χ1) is 9.67. The van der Waals surface area contributed by atoms with E-state index < -0.39 is 0 Å². The third-order valence-electron chi connectivity index (χ3n) is 2.58. The molecule has 0 aliphatic carbocycles. The van der Waals surface area contributed by atoms with Crippen LogP contribution in [0.3, 0.4) is 0 Å². The van der Waals surface area contributed by atoms with Gasteiger partial charge in [0.05, 0.1) is 6.54 Å². The first-order valence-corrected chi connectivity index (χ1v) is 7.17. The van der Waals surface area contributed by atoms with Crippen LogP contribution in [-0.2, 0) is 11.3 Å². The van der Waals surface area contributed by atoms with Gasteiger partial charge in [0, 0.05) is 18.8 Å². The molecule has 0 radical (unpaired) electrons. The van der Waals surface area contributed by atoms with Crippen molar-refractivity contribution in [3.05, 3.63) is 45.9 Å². The summed E-state index contributed by atoms with van der Waals surface area (Å²) < 4.78 is 11.7. The van der Waals surface area contributed by atoms with Crippen LogP contribution in [-0.4, -0.2) is 19.6 Å². The van der Waals surface area contributed by atoms with Crippen molar-refractivity contribution < 1.29 is 13.9 Å². The normalized spacial score (nSPS) is 10.1. The van der Waals surface area contributed by atoms with E-state index in [0.717, 1.165) is 15.2 Å². The predicted octanol–water partition coefficient (Wildman–Crippen LogP) is 2.62. The van der Waals surface area contributed by atoms with Gasteiger partial charge < -0.3 is 19.8 Å². The maximum Gasteiger partial charge on any atom is 0.257 e. The molecular weight excluding hydrogens is 371 g/mol. The molecule has 0 aliphatic rings. The average molecular weight is 386 g/mol. The number of halogens is 1. The van der Waals surface area contributed by atoms with E-state index in [9.17, 15) is 4.79 Å². The van der Waals surface area contributed by atoms with Gasteiger partial charge >= 0.3 is 0 Å². The fourth-order valence-corrected chi connectivity index (χ4v) is 2.02. The van der Waals surface area contributed by atoms with Gasteiger partial charge in [-0.25, -0.2) is 0 Å². The lowest BCUT2D eigenvalue weighted by Crippen LogP contribution is -2.24. The molecular formula is C14H15IN2O3. The zero-order chi connectivity index (χ0) is 14.4. The smallest absolute Gasteiger partial charge is 0.257 e. The molecule has 1 heterocycles. The summed E-state index contributed by atoms with van der Waals surface area (Å²) >= 11 is 2.13. The second-order valence-electron chi connectivity index (χ2n) is 4.05. The highest BCUT2D eigenvalue weighted by Gasteiger charge is 2.02. The molecule has 2 aromatic rings. The Kier molecular flexibility index (Phi) is 5.28. The molecule has 1 aromatic carbocycles. The van der Waals surface area contributed by atoms with Gasteiger partial charge in [-0.15, -0.1) is 0 Å². The average Bonchev–Trinajstić information content (AvgIpc) is 2.88. The lowest BCUT2D eigenvalue weighted by atomic mass is 10.3. The summed E-state index contributed by atoms with van der Waals surface area (Å²) in [6.07, 6.45) is 0. The lowest BCUT2D eigenvalue weighted by molar-refractivity contribution is -0.122. The van der Waals surface area contributed by atoms with Crippen LogP contribution in [0.2, 0.25) is 0 Å². The standard InChI is InChI=1S/C14H15IN2O3/c1-16-14(18)9-19-11-4-2-3-10(7-11)17-8-12-5-6-13(15)20-12/h2-7,17H,8-9H2,1H3,(H,16,18). The van der Waals surface area contributed by atoms with Crippen LogP contribution in [0.25, 0.3) is 0 Å². The summed E-state index contributed by atoms with van der Waals surface area (Å²) in [4.78, 5) is 11.1. The number of hydrogen-bond donors (Lipinski definition) is 2. The number of amides is 1. The number of carbonyl (C=O) groups is 1. The Balaban J connectivity index is 1.90. The quantitative estimate of drug-likeness (QED) is 0.750. The molecule has 2 rings (SSSR count). The van der Waals surface area contributed by atoms with E-state index >= 15 is 0 Å². The van der Waals surface area contributed by atoms with Crippen LogP contribution in [0.4, 0.5) is 5.69 Å². The molecule has 2 N–H and O–H groups in total. The second kappa shape index (κ2) is 7.18. The number of likely N-dealkylation sites (N-methyl/N-ethyl adjacent to an activating group) is 1.